The zero-order chi connectivity index (χ0) is 16.8. The van der Waals surface area contributed by atoms with Crippen LogP contribution in [0.2, 0.25) is 0 Å². The summed E-state index contributed by atoms with van der Waals surface area (Å²) in [5, 5.41) is 0. The lowest BCUT2D eigenvalue weighted by atomic mass is 9.92. The van der Waals surface area contributed by atoms with Crippen LogP contribution in [0.5, 0.6) is 0 Å². The van der Waals surface area contributed by atoms with Crippen molar-refractivity contribution >= 4 is 28.5 Å². The largest absolute Gasteiger partial charge is 0.0905 e. The molecule has 0 saturated heterocycles. The van der Waals surface area contributed by atoms with Gasteiger partial charge >= 0.3 is 0 Å². The van der Waals surface area contributed by atoms with Crippen LogP contribution in [0.3, 0.4) is 0 Å². The van der Waals surface area contributed by atoms with Crippen LogP contribution < -0.4 is 0 Å². The molecule has 2 aromatic rings. The first-order valence-corrected chi connectivity index (χ1v) is 9.49. The monoisotopic (exact) mass is 338 g/mol. The van der Waals surface area contributed by atoms with Crippen LogP contribution in [-0.4, -0.2) is 0 Å². The average molecular weight is 338 g/mol. The highest BCUT2D eigenvalue weighted by atomic mass is 32.2. The number of hydrogen-bond donors (Lipinski definition) is 0. The first-order valence-electron chi connectivity index (χ1n) is 8.67. The molecule has 1 aliphatic heterocycles. The van der Waals surface area contributed by atoms with Gasteiger partial charge in [-0.05, 0) is 76.1 Å². The van der Waals surface area contributed by atoms with Crippen molar-refractivity contribution in [3.63, 3.8) is 0 Å². The van der Waals surface area contributed by atoms with E-state index in [0.29, 0.717) is 0 Å². The zero-order valence-electron chi connectivity index (χ0n) is 14.0. The molecule has 1 heteroatoms. The molecule has 0 unspecified atom stereocenters. The van der Waals surface area contributed by atoms with E-state index in [4.69, 9.17) is 0 Å². The first kappa shape index (κ1) is 14.8. The van der Waals surface area contributed by atoms with Gasteiger partial charge < -0.3 is 0 Å². The minimum absolute atomic E-state index is 1.03. The molecular weight excluding hydrogens is 320 g/mol. The summed E-state index contributed by atoms with van der Waals surface area (Å²) in [5.74, 6) is 0. The standard InChI is InChI=1S/C24H18S/c1-16-21-14-19(17-6-2-3-7-17)10-12-23(21)25-24-13-11-20(15-22(16)24)18-8-4-5-9-18/h2-6,8,10-15H,1,7,9H2. The Morgan fingerprint density at radius 1 is 0.720 bits per heavy atom. The van der Waals surface area contributed by atoms with Crippen molar-refractivity contribution < 1.29 is 0 Å². The summed E-state index contributed by atoms with van der Waals surface area (Å²) >= 11 is 1.86. The number of rotatable bonds is 2. The van der Waals surface area contributed by atoms with Gasteiger partial charge in [0.05, 0.1) is 0 Å². The Kier molecular flexibility index (Phi) is 3.43. The molecule has 0 bridgehead atoms. The molecule has 0 saturated carbocycles. The Bertz CT molecular complexity index is 947. The van der Waals surface area contributed by atoms with Gasteiger partial charge in [0.15, 0.2) is 0 Å². The van der Waals surface area contributed by atoms with E-state index in [1.807, 2.05) is 11.8 Å². The van der Waals surface area contributed by atoms with Gasteiger partial charge in [-0.1, -0.05) is 66.9 Å². The molecule has 0 aromatic heterocycles. The van der Waals surface area contributed by atoms with Crippen LogP contribution >= 0.6 is 11.8 Å². The van der Waals surface area contributed by atoms with Gasteiger partial charge in [0.2, 0.25) is 0 Å². The molecule has 2 aromatic carbocycles. The molecular formula is C24H18S. The molecule has 0 N–H and O–H groups in total. The molecule has 0 amide bonds. The molecule has 0 radical (unpaired) electrons. The lowest BCUT2D eigenvalue weighted by Crippen LogP contribution is -2.00. The zero-order valence-corrected chi connectivity index (χ0v) is 14.8. The third-order valence-electron chi connectivity index (χ3n) is 5.11. The molecule has 0 atom stereocenters. The predicted molar refractivity (Wildman–Crippen MR) is 109 cm³/mol. The fourth-order valence-electron chi connectivity index (χ4n) is 3.70. The number of fused-ring (bicyclic) bond motifs is 2. The summed E-state index contributed by atoms with van der Waals surface area (Å²) in [5.41, 5.74) is 9.10. The minimum Gasteiger partial charge on any atom is -0.0905 e. The lowest BCUT2D eigenvalue weighted by molar-refractivity contribution is 1.27. The quantitative estimate of drug-likeness (QED) is 0.490. The first-order chi connectivity index (χ1) is 12.3. The minimum atomic E-state index is 1.03. The van der Waals surface area contributed by atoms with Gasteiger partial charge in [0.25, 0.3) is 0 Å². The second-order valence-electron chi connectivity index (χ2n) is 6.65. The Balaban J connectivity index is 1.56. The van der Waals surface area contributed by atoms with Crippen molar-refractivity contribution in [3.8, 4) is 0 Å². The highest BCUT2D eigenvalue weighted by Crippen LogP contribution is 2.46. The smallest absolute Gasteiger partial charge is 0.0201 e. The summed E-state index contributed by atoms with van der Waals surface area (Å²) in [6, 6.07) is 13.6. The van der Waals surface area contributed by atoms with Crippen molar-refractivity contribution in [1.29, 1.82) is 0 Å². The van der Waals surface area contributed by atoms with Crippen molar-refractivity contribution in [2.45, 2.75) is 22.6 Å². The van der Waals surface area contributed by atoms with Crippen LogP contribution in [-0.2, 0) is 0 Å². The van der Waals surface area contributed by atoms with E-state index in [2.05, 4.69) is 79.4 Å². The Hall–Kier alpha value is -2.51. The van der Waals surface area contributed by atoms with Crippen LogP contribution in [0.1, 0.15) is 35.1 Å². The Labute approximate surface area is 153 Å². The molecule has 0 nitrogen and oxygen atoms in total. The highest BCUT2D eigenvalue weighted by molar-refractivity contribution is 7.99. The van der Waals surface area contributed by atoms with Crippen LogP contribution in [0.15, 0.2) is 89.2 Å². The molecule has 0 spiro atoms. The van der Waals surface area contributed by atoms with Gasteiger partial charge in [-0.15, -0.1) is 0 Å². The van der Waals surface area contributed by atoms with Crippen molar-refractivity contribution in [2.24, 2.45) is 0 Å². The van der Waals surface area contributed by atoms with E-state index in [1.54, 1.807) is 0 Å². The summed E-state index contributed by atoms with van der Waals surface area (Å²) in [6.07, 6.45) is 15.2. The summed E-state index contributed by atoms with van der Waals surface area (Å²) < 4.78 is 0. The van der Waals surface area contributed by atoms with Crippen molar-refractivity contribution in [1.82, 2.24) is 0 Å². The van der Waals surface area contributed by atoms with Gasteiger partial charge in [-0.25, -0.2) is 0 Å². The lowest BCUT2D eigenvalue weighted by Gasteiger charge is -2.23. The topological polar surface area (TPSA) is 0 Å². The molecule has 25 heavy (non-hydrogen) atoms. The molecule has 1 heterocycles. The van der Waals surface area contributed by atoms with Crippen LogP contribution in [0, 0.1) is 0 Å². The predicted octanol–water partition coefficient (Wildman–Crippen LogP) is 6.90. The number of hydrogen-bond acceptors (Lipinski definition) is 1. The molecule has 120 valence electrons. The van der Waals surface area contributed by atoms with Gasteiger partial charge in [0.1, 0.15) is 0 Å². The van der Waals surface area contributed by atoms with Gasteiger partial charge in [0, 0.05) is 9.79 Å². The third-order valence-corrected chi connectivity index (χ3v) is 6.27. The fraction of sp³-hybridized carbons (Fsp3) is 0.0833. The summed E-state index contributed by atoms with van der Waals surface area (Å²) in [6.45, 7) is 4.45. The van der Waals surface area contributed by atoms with Gasteiger partial charge in [-0.3, -0.25) is 0 Å². The van der Waals surface area contributed by atoms with E-state index in [9.17, 15) is 0 Å². The van der Waals surface area contributed by atoms with E-state index >= 15 is 0 Å². The SMILES string of the molecule is C=C1c2cc(C3=CC=CC3)ccc2Sc2ccc(C3=CC=CC3)cc21. The Morgan fingerprint density at radius 3 is 1.68 bits per heavy atom. The Morgan fingerprint density at radius 2 is 1.24 bits per heavy atom. The number of allylic oxidation sites excluding steroid dienone is 8. The maximum atomic E-state index is 4.45. The van der Waals surface area contributed by atoms with Crippen LogP contribution in [0.4, 0.5) is 0 Å². The maximum absolute atomic E-state index is 4.45. The summed E-state index contributed by atoms with van der Waals surface area (Å²) in [4.78, 5) is 2.62. The van der Waals surface area contributed by atoms with Crippen LogP contribution in [0.25, 0.3) is 16.7 Å². The van der Waals surface area contributed by atoms with E-state index < -0.39 is 0 Å². The molecule has 3 aliphatic rings. The second-order valence-corrected chi connectivity index (χ2v) is 7.73. The van der Waals surface area contributed by atoms with Crippen molar-refractivity contribution in [2.75, 3.05) is 0 Å². The normalized spacial score (nSPS) is 17.4. The highest BCUT2D eigenvalue weighted by Gasteiger charge is 2.21. The summed E-state index contributed by atoms with van der Waals surface area (Å²) in [7, 11) is 0. The van der Waals surface area contributed by atoms with E-state index in [-0.39, 0.29) is 0 Å². The molecule has 5 rings (SSSR count). The van der Waals surface area contributed by atoms with Gasteiger partial charge in [-0.2, -0.15) is 0 Å². The maximum Gasteiger partial charge on any atom is 0.0201 e. The fourth-order valence-corrected chi connectivity index (χ4v) is 4.79. The number of benzene rings is 2. The van der Waals surface area contributed by atoms with Crippen molar-refractivity contribution in [3.05, 3.63) is 102 Å². The third kappa shape index (κ3) is 2.47. The second kappa shape index (κ2) is 5.79. The van der Waals surface area contributed by atoms with E-state index in [0.717, 1.165) is 18.4 Å². The average Bonchev–Trinajstić information content (AvgIpc) is 3.35. The molecule has 2 aliphatic carbocycles. The van der Waals surface area contributed by atoms with E-state index in [1.165, 1.54) is 43.2 Å². The molecule has 0 fully saturated rings.